The Labute approximate surface area is 125 Å². The highest BCUT2D eigenvalue weighted by Gasteiger charge is 2.18. The van der Waals surface area contributed by atoms with E-state index in [9.17, 15) is 8.42 Å². The van der Waals surface area contributed by atoms with Gasteiger partial charge in [-0.3, -0.25) is 4.72 Å². The number of benzene rings is 1. The summed E-state index contributed by atoms with van der Waals surface area (Å²) in [5.41, 5.74) is 3.66. The molecule has 1 heterocycles. The first-order valence-corrected chi connectivity index (χ1v) is 8.72. The van der Waals surface area contributed by atoms with Gasteiger partial charge in [0.05, 0.1) is 23.5 Å². The first-order valence-electron chi connectivity index (χ1n) is 7.07. The number of hydrogen-bond donors (Lipinski definition) is 2. The van der Waals surface area contributed by atoms with Gasteiger partial charge in [-0.25, -0.2) is 13.4 Å². The molecule has 0 fully saturated rings. The number of sulfonamides is 1. The Hall–Kier alpha value is -1.82. The predicted molar refractivity (Wildman–Crippen MR) is 85.0 cm³/mol. The Morgan fingerprint density at radius 2 is 2.10 bits per heavy atom. The third-order valence-corrected chi connectivity index (χ3v) is 4.97. The van der Waals surface area contributed by atoms with E-state index in [4.69, 9.17) is 0 Å². The van der Waals surface area contributed by atoms with Crippen LogP contribution in [-0.2, 0) is 10.0 Å². The fourth-order valence-corrected chi connectivity index (χ4v) is 3.13. The molecule has 6 heteroatoms. The van der Waals surface area contributed by atoms with Crippen molar-refractivity contribution >= 4 is 15.7 Å². The second-order valence-corrected chi connectivity index (χ2v) is 6.99. The van der Waals surface area contributed by atoms with Crippen molar-refractivity contribution in [3.63, 3.8) is 0 Å². The highest BCUT2D eigenvalue weighted by molar-refractivity contribution is 7.92. The van der Waals surface area contributed by atoms with E-state index < -0.39 is 10.0 Å². The Bertz CT molecular complexity index is 694. The second-order valence-electron chi connectivity index (χ2n) is 4.98. The van der Waals surface area contributed by atoms with Crippen molar-refractivity contribution in [2.45, 2.75) is 33.1 Å². The summed E-state index contributed by atoms with van der Waals surface area (Å²) in [7, 11) is -3.27. The van der Waals surface area contributed by atoms with Crippen LogP contribution in [0.4, 0.5) is 5.69 Å². The molecule has 0 radical (unpaired) electrons. The van der Waals surface area contributed by atoms with Crippen molar-refractivity contribution in [1.82, 2.24) is 9.97 Å². The van der Waals surface area contributed by atoms with Crippen molar-refractivity contribution in [2.24, 2.45) is 0 Å². The average Bonchev–Trinajstić information content (AvgIpc) is 2.97. The van der Waals surface area contributed by atoms with Crippen LogP contribution >= 0.6 is 0 Å². The quantitative estimate of drug-likeness (QED) is 0.861. The molecule has 0 spiro atoms. The molecule has 1 aromatic carbocycles. The van der Waals surface area contributed by atoms with Gasteiger partial charge in [0.15, 0.2) is 0 Å². The van der Waals surface area contributed by atoms with Gasteiger partial charge in [-0.2, -0.15) is 0 Å². The van der Waals surface area contributed by atoms with Crippen molar-refractivity contribution in [2.75, 3.05) is 10.5 Å². The van der Waals surface area contributed by atoms with E-state index in [1.807, 2.05) is 25.3 Å². The molecule has 0 saturated heterocycles. The van der Waals surface area contributed by atoms with Crippen LogP contribution in [0, 0.1) is 6.92 Å². The first-order chi connectivity index (χ1) is 9.98. The zero-order valence-electron chi connectivity index (χ0n) is 12.6. The number of nitrogens with one attached hydrogen (secondary N) is 2. The maximum absolute atomic E-state index is 11.8. The average molecular weight is 307 g/mol. The summed E-state index contributed by atoms with van der Waals surface area (Å²) in [6.07, 6.45) is 4.45. The van der Waals surface area contributed by atoms with E-state index in [1.165, 1.54) is 0 Å². The third kappa shape index (κ3) is 3.44. The van der Waals surface area contributed by atoms with Gasteiger partial charge in [-0.15, -0.1) is 0 Å². The van der Waals surface area contributed by atoms with Gasteiger partial charge in [0.1, 0.15) is 0 Å². The first kappa shape index (κ1) is 15.6. The lowest BCUT2D eigenvalue weighted by molar-refractivity contribution is 0.602. The summed E-state index contributed by atoms with van der Waals surface area (Å²) in [6.45, 7) is 5.67. The molecule has 1 aromatic heterocycles. The van der Waals surface area contributed by atoms with Crippen molar-refractivity contribution < 1.29 is 8.42 Å². The summed E-state index contributed by atoms with van der Waals surface area (Å²) in [6, 6.07) is 5.70. The molecule has 2 rings (SSSR count). The lowest BCUT2D eigenvalue weighted by atomic mass is 9.89. The maximum atomic E-state index is 11.8. The topological polar surface area (TPSA) is 74.8 Å². The number of anilines is 1. The normalized spacial score (nSPS) is 13.1. The van der Waals surface area contributed by atoms with Crippen LogP contribution in [0.3, 0.4) is 0 Å². The Morgan fingerprint density at radius 1 is 1.33 bits per heavy atom. The largest absolute Gasteiger partial charge is 0.351 e. The molecule has 0 aliphatic rings. The van der Waals surface area contributed by atoms with Gasteiger partial charge >= 0.3 is 0 Å². The van der Waals surface area contributed by atoms with Crippen molar-refractivity contribution in [3.8, 4) is 0 Å². The van der Waals surface area contributed by atoms with Crippen LogP contribution in [0.2, 0.25) is 0 Å². The minimum Gasteiger partial charge on any atom is -0.351 e. The van der Waals surface area contributed by atoms with E-state index in [1.54, 1.807) is 19.3 Å². The van der Waals surface area contributed by atoms with E-state index in [2.05, 4.69) is 21.6 Å². The van der Waals surface area contributed by atoms with Crippen molar-refractivity contribution in [3.05, 3.63) is 47.5 Å². The van der Waals surface area contributed by atoms with Gasteiger partial charge in [0.25, 0.3) is 0 Å². The van der Waals surface area contributed by atoms with Crippen LogP contribution in [0.25, 0.3) is 0 Å². The fourth-order valence-electron chi connectivity index (χ4n) is 2.43. The minimum absolute atomic E-state index is 0.0627. The lowest BCUT2D eigenvalue weighted by Crippen LogP contribution is -2.16. The number of rotatable bonds is 6. The molecule has 1 unspecified atom stereocenters. The summed E-state index contributed by atoms with van der Waals surface area (Å²) >= 11 is 0. The number of H-pyrrole nitrogens is 1. The number of aromatic nitrogens is 2. The van der Waals surface area contributed by atoms with Gasteiger partial charge < -0.3 is 4.98 Å². The van der Waals surface area contributed by atoms with Gasteiger partial charge in [-0.05, 0) is 37.5 Å². The van der Waals surface area contributed by atoms with Gasteiger partial charge in [-0.1, -0.05) is 19.1 Å². The van der Waals surface area contributed by atoms with Crippen LogP contribution < -0.4 is 4.72 Å². The summed E-state index contributed by atoms with van der Waals surface area (Å²) in [5.74, 6) is 0.218. The fraction of sp³-hybridized carbons (Fsp3) is 0.400. The Morgan fingerprint density at radius 3 is 2.67 bits per heavy atom. The molecule has 0 bridgehead atoms. The van der Waals surface area contributed by atoms with Crippen LogP contribution in [-0.4, -0.2) is 24.1 Å². The Kier molecular flexibility index (Phi) is 4.67. The summed E-state index contributed by atoms with van der Waals surface area (Å²) in [4.78, 5) is 7.30. The SMILES string of the molecule is CCC(c1c[nH]cn1)c1cccc(NS(=O)(=O)CC)c1C. The molecule has 21 heavy (non-hydrogen) atoms. The van der Waals surface area contributed by atoms with Crippen LogP contribution in [0.5, 0.6) is 0 Å². The summed E-state index contributed by atoms with van der Waals surface area (Å²) in [5, 5.41) is 0. The molecule has 0 saturated carbocycles. The smallest absolute Gasteiger partial charge is 0.232 e. The Balaban J connectivity index is 2.42. The molecule has 5 nitrogen and oxygen atoms in total. The van der Waals surface area contributed by atoms with E-state index in [0.29, 0.717) is 5.69 Å². The summed E-state index contributed by atoms with van der Waals surface area (Å²) < 4.78 is 26.2. The highest BCUT2D eigenvalue weighted by atomic mass is 32.2. The molecule has 114 valence electrons. The molecule has 0 aliphatic carbocycles. The molecular weight excluding hydrogens is 286 g/mol. The molecule has 1 atom stereocenters. The van der Waals surface area contributed by atoms with Crippen LogP contribution in [0.15, 0.2) is 30.7 Å². The number of nitrogens with zero attached hydrogens (tertiary/aromatic N) is 1. The number of aromatic amines is 1. The zero-order chi connectivity index (χ0) is 15.5. The second kappa shape index (κ2) is 6.30. The molecule has 2 N–H and O–H groups in total. The van der Waals surface area contributed by atoms with Crippen LogP contribution in [0.1, 0.15) is 43.0 Å². The van der Waals surface area contributed by atoms with Gasteiger partial charge in [0, 0.05) is 12.1 Å². The zero-order valence-corrected chi connectivity index (χ0v) is 13.4. The third-order valence-electron chi connectivity index (χ3n) is 3.68. The van der Waals surface area contributed by atoms with Gasteiger partial charge in [0.2, 0.25) is 10.0 Å². The monoisotopic (exact) mass is 307 g/mol. The maximum Gasteiger partial charge on any atom is 0.232 e. The predicted octanol–water partition coefficient (Wildman–Crippen LogP) is 3.02. The molecule has 0 amide bonds. The highest BCUT2D eigenvalue weighted by Crippen LogP contribution is 2.32. The van der Waals surface area contributed by atoms with E-state index in [-0.39, 0.29) is 11.7 Å². The van der Waals surface area contributed by atoms with Crippen molar-refractivity contribution in [1.29, 1.82) is 0 Å². The number of imidazole rings is 1. The number of hydrogen-bond acceptors (Lipinski definition) is 3. The standard InChI is InChI=1S/C15H21N3O2S/c1-4-12(15-9-16-10-17-15)13-7-6-8-14(11(13)3)18-21(19,20)5-2/h6-10,12,18H,4-5H2,1-3H3,(H,16,17). The molecule has 0 aliphatic heterocycles. The lowest BCUT2D eigenvalue weighted by Gasteiger charge is -2.19. The van der Waals surface area contributed by atoms with E-state index >= 15 is 0 Å². The minimum atomic E-state index is -3.27. The molecular formula is C15H21N3O2S. The van der Waals surface area contributed by atoms with E-state index in [0.717, 1.165) is 23.2 Å². The molecule has 2 aromatic rings.